The quantitative estimate of drug-likeness (QED) is 0.0211. The predicted molar refractivity (Wildman–Crippen MR) is 373 cm³/mol. The van der Waals surface area contributed by atoms with E-state index in [1.54, 1.807) is 0 Å². The molecule has 0 radical (unpaired) electrons. The molecule has 87 heavy (non-hydrogen) atoms. The number of carboxylic acids is 1. The Morgan fingerprint density at radius 3 is 1.00 bits per heavy atom. The van der Waals surface area contributed by atoms with Crippen LogP contribution in [-0.2, 0) is 33.3 Å². The van der Waals surface area contributed by atoms with Crippen LogP contribution in [0.15, 0.2) is 97.2 Å². The standard InChI is InChI=1S/C78H137NO8/c1-6-8-10-12-14-16-18-20-22-24-26-28-30-32-33-34-35-36-37-38-39-40-41-42-43-45-46-48-50-52-54-56-58-60-62-64-66-68-75(80)85-72-74(73-86-78(77(82)83)84-71-70-79(3,4)5)87-76(81)69-67-65-63-61-59-57-55-53-51-49-47-44-31-29-27-25-23-21-19-17-15-13-11-9-7-2/h9,11,15,17,21,23-24,26-27,29,44,47,51,53,57,59,74,78H,6-8,10,12-14,16,18-20,22,25,28,30-43,45-46,48-50,52,54-56,58,60-73H2,1-5H3/p+1/b11-9-,17-15-,23-21-,26-24-,29-27-,47-44-,53-51-,59-57-. The van der Waals surface area contributed by atoms with Crippen LogP contribution in [0.3, 0.4) is 0 Å². The van der Waals surface area contributed by atoms with Gasteiger partial charge in [0.1, 0.15) is 13.2 Å². The summed E-state index contributed by atoms with van der Waals surface area (Å²) in [5.74, 6) is -2.04. The summed E-state index contributed by atoms with van der Waals surface area (Å²) < 4.78 is 22.9. The van der Waals surface area contributed by atoms with Crippen LogP contribution in [0.2, 0.25) is 0 Å². The zero-order valence-corrected chi connectivity index (χ0v) is 57.4. The van der Waals surface area contributed by atoms with Crippen LogP contribution in [0.5, 0.6) is 0 Å². The Bertz CT molecular complexity index is 1750. The number of quaternary nitrogens is 1. The second-order valence-corrected chi connectivity index (χ2v) is 25.5. The molecule has 0 spiro atoms. The van der Waals surface area contributed by atoms with Crippen molar-refractivity contribution in [2.75, 3.05) is 47.5 Å². The average molecular weight is 1220 g/mol. The maximum Gasteiger partial charge on any atom is 0.361 e. The molecule has 2 atom stereocenters. The van der Waals surface area contributed by atoms with Gasteiger partial charge in [0, 0.05) is 12.8 Å². The summed E-state index contributed by atoms with van der Waals surface area (Å²) in [5.41, 5.74) is 0. The van der Waals surface area contributed by atoms with Crippen molar-refractivity contribution >= 4 is 17.9 Å². The van der Waals surface area contributed by atoms with Gasteiger partial charge in [0.25, 0.3) is 6.29 Å². The lowest BCUT2D eigenvalue weighted by atomic mass is 10.0. The van der Waals surface area contributed by atoms with E-state index in [1.165, 1.54) is 205 Å². The number of allylic oxidation sites excluding steroid dienone is 16. The van der Waals surface area contributed by atoms with Crippen molar-refractivity contribution in [2.45, 2.75) is 334 Å². The molecular formula is C78H138NO8+. The van der Waals surface area contributed by atoms with Crippen LogP contribution in [0.1, 0.15) is 322 Å². The van der Waals surface area contributed by atoms with Crippen molar-refractivity contribution in [1.29, 1.82) is 0 Å². The lowest BCUT2D eigenvalue weighted by Crippen LogP contribution is -2.40. The number of nitrogens with zero attached hydrogens (tertiary/aromatic N) is 1. The lowest BCUT2D eigenvalue weighted by molar-refractivity contribution is -0.870. The molecule has 0 aliphatic rings. The first-order valence-corrected chi connectivity index (χ1v) is 36.4. The number of ether oxygens (including phenoxy) is 4. The van der Waals surface area contributed by atoms with Gasteiger partial charge < -0.3 is 28.5 Å². The van der Waals surface area contributed by atoms with Gasteiger partial charge in [0.2, 0.25) is 0 Å². The van der Waals surface area contributed by atoms with Gasteiger partial charge in [-0.25, -0.2) is 4.79 Å². The summed E-state index contributed by atoms with van der Waals surface area (Å²) in [6, 6.07) is 0. The lowest BCUT2D eigenvalue weighted by Gasteiger charge is -2.25. The first-order chi connectivity index (χ1) is 42.6. The highest BCUT2D eigenvalue weighted by atomic mass is 16.7. The van der Waals surface area contributed by atoms with Gasteiger partial charge in [0.05, 0.1) is 34.4 Å². The average Bonchev–Trinajstić information content (AvgIpc) is 3.59. The van der Waals surface area contributed by atoms with Crippen molar-refractivity contribution in [3.8, 4) is 0 Å². The summed E-state index contributed by atoms with van der Waals surface area (Å²) in [6.07, 6.45) is 91.2. The van der Waals surface area contributed by atoms with E-state index in [0.29, 0.717) is 23.9 Å². The largest absolute Gasteiger partial charge is 0.477 e. The molecule has 9 heteroatoms. The number of unbranched alkanes of at least 4 members (excludes halogenated alkanes) is 36. The molecule has 0 bridgehead atoms. The Morgan fingerprint density at radius 1 is 0.356 bits per heavy atom. The minimum atomic E-state index is -1.53. The van der Waals surface area contributed by atoms with Gasteiger partial charge >= 0.3 is 17.9 Å². The number of carbonyl (C=O) groups excluding carboxylic acids is 2. The SMILES string of the molecule is CC/C=C\C/C=C\C/C=C\C/C=C\C/C=C\C/C=C\C/C=C\CCCCCC(=O)OC(COC(=O)CCCCCCCCCCCCCCCCCCCCCCCCCCC/C=C\CCCCCCCCCC)COC(OCC[N+](C)(C)C)C(=O)O. The molecule has 0 aliphatic heterocycles. The Hall–Kier alpha value is -3.79. The number of carbonyl (C=O) groups is 3. The smallest absolute Gasteiger partial charge is 0.361 e. The molecule has 9 nitrogen and oxygen atoms in total. The highest BCUT2D eigenvalue weighted by Crippen LogP contribution is 2.18. The maximum atomic E-state index is 12.9. The molecule has 0 aromatic rings. The summed E-state index contributed by atoms with van der Waals surface area (Å²) in [6.45, 7) is 4.75. The Morgan fingerprint density at radius 2 is 0.655 bits per heavy atom. The minimum absolute atomic E-state index is 0.177. The molecule has 502 valence electrons. The van der Waals surface area contributed by atoms with Crippen molar-refractivity contribution in [3.63, 3.8) is 0 Å². The third-order valence-electron chi connectivity index (χ3n) is 15.8. The first kappa shape index (κ1) is 83.2. The Kier molecular flexibility index (Phi) is 65.2. The van der Waals surface area contributed by atoms with E-state index < -0.39 is 24.3 Å². The number of rotatable bonds is 67. The van der Waals surface area contributed by atoms with Crippen molar-refractivity contribution in [1.82, 2.24) is 0 Å². The van der Waals surface area contributed by atoms with Crippen molar-refractivity contribution in [2.24, 2.45) is 0 Å². The number of hydrogen-bond acceptors (Lipinski definition) is 7. The molecule has 0 rings (SSSR count). The zero-order chi connectivity index (χ0) is 63.3. The van der Waals surface area contributed by atoms with Crippen LogP contribution >= 0.6 is 0 Å². The van der Waals surface area contributed by atoms with Crippen molar-refractivity contribution in [3.05, 3.63) is 97.2 Å². The van der Waals surface area contributed by atoms with Gasteiger partial charge in [-0.05, 0) is 96.3 Å². The van der Waals surface area contributed by atoms with Gasteiger partial charge in [0.15, 0.2) is 6.10 Å². The number of hydrogen-bond donors (Lipinski definition) is 1. The Labute approximate surface area is 537 Å². The number of carboxylic acid groups (broad SMARTS) is 1. The molecule has 0 saturated heterocycles. The monoisotopic (exact) mass is 1220 g/mol. The third kappa shape index (κ3) is 69.5. The number of esters is 2. The van der Waals surface area contributed by atoms with E-state index in [9.17, 15) is 19.5 Å². The molecule has 0 heterocycles. The van der Waals surface area contributed by atoms with E-state index in [4.69, 9.17) is 18.9 Å². The summed E-state index contributed by atoms with van der Waals surface area (Å²) >= 11 is 0. The van der Waals surface area contributed by atoms with Crippen LogP contribution in [-0.4, -0.2) is 87.4 Å². The summed E-state index contributed by atoms with van der Waals surface area (Å²) in [4.78, 5) is 37.6. The second kappa shape index (κ2) is 68.1. The van der Waals surface area contributed by atoms with Gasteiger partial charge in [-0.1, -0.05) is 310 Å². The first-order valence-electron chi connectivity index (χ1n) is 36.4. The van der Waals surface area contributed by atoms with Gasteiger partial charge in [-0.15, -0.1) is 0 Å². The molecule has 0 aromatic carbocycles. The maximum absolute atomic E-state index is 12.9. The fourth-order valence-electron chi connectivity index (χ4n) is 10.3. The van der Waals surface area contributed by atoms with Crippen LogP contribution < -0.4 is 0 Å². The van der Waals surface area contributed by atoms with E-state index >= 15 is 0 Å². The summed E-state index contributed by atoms with van der Waals surface area (Å²) in [7, 11) is 5.96. The van der Waals surface area contributed by atoms with Crippen LogP contribution in [0.4, 0.5) is 0 Å². The van der Waals surface area contributed by atoms with Crippen LogP contribution in [0.25, 0.3) is 0 Å². The fourth-order valence-corrected chi connectivity index (χ4v) is 10.3. The van der Waals surface area contributed by atoms with Crippen LogP contribution in [0, 0.1) is 0 Å². The third-order valence-corrected chi connectivity index (χ3v) is 15.8. The predicted octanol–water partition coefficient (Wildman–Crippen LogP) is 22.8. The normalized spacial score (nSPS) is 13.3. The van der Waals surface area contributed by atoms with E-state index in [1.807, 2.05) is 21.1 Å². The molecular weight excluding hydrogens is 1080 g/mol. The van der Waals surface area contributed by atoms with E-state index in [2.05, 4.69) is 111 Å². The topological polar surface area (TPSA) is 108 Å². The minimum Gasteiger partial charge on any atom is -0.477 e. The zero-order valence-electron chi connectivity index (χ0n) is 57.4. The summed E-state index contributed by atoms with van der Waals surface area (Å²) in [5, 5.41) is 9.74. The van der Waals surface area contributed by atoms with E-state index in [-0.39, 0.29) is 32.2 Å². The molecule has 0 saturated carbocycles. The molecule has 0 aromatic heterocycles. The number of likely N-dealkylation sites (N-methyl/N-ethyl adjacent to an activating group) is 1. The molecule has 0 amide bonds. The molecule has 0 fully saturated rings. The number of aliphatic carboxylic acids is 1. The van der Waals surface area contributed by atoms with Gasteiger partial charge in [-0.2, -0.15) is 0 Å². The van der Waals surface area contributed by atoms with Gasteiger partial charge in [-0.3, -0.25) is 9.59 Å². The van der Waals surface area contributed by atoms with Crippen molar-refractivity contribution < 1.29 is 42.9 Å². The molecule has 0 aliphatic carbocycles. The highest BCUT2D eigenvalue weighted by Gasteiger charge is 2.25. The molecule has 2 unspecified atom stereocenters. The fraction of sp³-hybridized carbons (Fsp3) is 0.756. The van der Waals surface area contributed by atoms with E-state index in [0.717, 1.165) is 83.5 Å². The molecule has 1 N–H and O–H groups in total. The second-order valence-electron chi connectivity index (χ2n) is 25.5. The Balaban J connectivity index is 4.08. The highest BCUT2D eigenvalue weighted by molar-refractivity contribution is 5.71.